The van der Waals surface area contributed by atoms with Gasteiger partial charge in [-0.1, -0.05) is 34.1 Å². The molecule has 98 valence electrons. The maximum absolute atomic E-state index is 12.0. The molecule has 0 saturated carbocycles. The molecule has 0 radical (unpaired) electrons. The summed E-state index contributed by atoms with van der Waals surface area (Å²) in [5.41, 5.74) is 1.28. The second-order valence-electron chi connectivity index (χ2n) is 4.58. The van der Waals surface area contributed by atoms with Crippen LogP contribution >= 0.6 is 15.9 Å². The van der Waals surface area contributed by atoms with E-state index in [0.29, 0.717) is 12.3 Å². The van der Waals surface area contributed by atoms with E-state index < -0.39 is 0 Å². The van der Waals surface area contributed by atoms with Gasteiger partial charge in [0.15, 0.2) is 0 Å². The van der Waals surface area contributed by atoms with Crippen molar-refractivity contribution in [3.8, 4) is 0 Å². The van der Waals surface area contributed by atoms with Gasteiger partial charge in [0.05, 0.1) is 0 Å². The molecule has 2 rings (SSSR count). The van der Waals surface area contributed by atoms with Gasteiger partial charge in [0, 0.05) is 37.1 Å². The van der Waals surface area contributed by atoms with E-state index in [1.165, 1.54) is 5.56 Å². The van der Waals surface area contributed by atoms with E-state index in [2.05, 4.69) is 27.3 Å². The summed E-state index contributed by atoms with van der Waals surface area (Å²) in [7, 11) is 0. The number of nitrogens with zero attached hydrogens (tertiary/aromatic N) is 1. The maximum atomic E-state index is 12.0. The SMILES string of the molecule is O=C(CCCc1ccccc1Br)N1CCNCC1. The zero-order valence-electron chi connectivity index (χ0n) is 10.5. The van der Waals surface area contributed by atoms with Gasteiger partial charge in [-0.15, -0.1) is 0 Å². The molecule has 0 bridgehead atoms. The molecular weight excluding hydrogens is 292 g/mol. The zero-order valence-corrected chi connectivity index (χ0v) is 12.1. The van der Waals surface area contributed by atoms with Crippen molar-refractivity contribution >= 4 is 21.8 Å². The summed E-state index contributed by atoms with van der Waals surface area (Å²) < 4.78 is 1.14. The monoisotopic (exact) mass is 310 g/mol. The van der Waals surface area contributed by atoms with Gasteiger partial charge >= 0.3 is 0 Å². The minimum Gasteiger partial charge on any atom is -0.340 e. The maximum Gasteiger partial charge on any atom is 0.222 e. The Hall–Kier alpha value is -0.870. The minimum atomic E-state index is 0.295. The Labute approximate surface area is 117 Å². The molecule has 3 nitrogen and oxygen atoms in total. The summed E-state index contributed by atoms with van der Waals surface area (Å²) in [4.78, 5) is 13.9. The summed E-state index contributed by atoms with van der Waals surface area (Å²) in [5, 5.41) is 3.26. The smallest absolute Gasteiger partial charge is 0.222 e. The molecule has 1 aliphatic heterocycles. The van der Waals surface area contributed by atoms with Gasteiger partial charge in [-0.05, 0) is 24.5 Å². The van der Waals surface area contributed by atoms with Crippen LogP contribution in [0.15, 0.2) is 28.7 Å². The third-order valence-electron chi connectivity index (χ3n) is 3.26. The lowest BCUT2D eigenvalue weighted by molar-refractivity contribution is -0.131. The number of carbonyl (C=O) groups excluding carboxylic acids is 1. The van der Waals surface area contributed by atoms with Crippen LogP contribution in [-0.2, 0) is 11.2 Å². The lowest BCUT2D eigenvalue weighted by Crippen LogP contribution is -2.46. The fourth-order valence-electron chi connectivity index (χ4n) is 2.20. The molecule has 1 N–H and O–H groups in total. The second kappa shape index (κ2) is 6.90. The number of hydrogen-bond donors (Lipinski definition) is 1. The van der Waals surface area contributed by atoms with Crippen LogP contribution in [-0.4, -0.2) is 37.0 Å². The van der Waals surface area contributed by atoms with Crippen molar-refractivity contribution in [2.24, 2.45) is 0 Å². The molecule has 1 aromatic rings. The first-order chi connectivity index (χ1) is 8.77. The van der Waals surface area contributed by atoms with Crippen molar-refractivity contribution in [1.82, 2.24) is 10.2 Å². The molecule has 0 atom stereocenters. The molecule has 0 aromatic heterocycles. The van der Waals surface area contributed by atoms with E-state index in [1.807, 2.05) is 23.1 Å². The number of piperazine rings is 1. The van der Waals surface area contributed by atoms with Crippen LogP contribution in [0, 0.1) is 0 Å². The van der Waals surface area contributed by atoms with Crippen molar-refractivity contribution in [2.75, 3.05) is 26.2 Å². The van der Waals surface area contributed by atoms with Gasteiger partial charge in [0.2, 0.25) is 5.91 Å². The fourth-order valence-corrected chi connectivity index (χ4v) is 2.69. The lowest BCUT2D eigenvalue weighted by Gasteiger charge is -2.27. The molecule has 1 amide bonds. The summed E-state index contributed by atoms with van der Waals surface area (Å²) in [6, 6.07) is 8.21. The van der Waals surface area contributed by atoms with Crippen molar-refractivity contribution in [1.29, 1.82) is 0 Å². The third kappa shape index (κ3) is 3.82. The van der Waals surface area contributed by atoms with E-state index in [4.69, 9.17) is 0 Å². The van der Waals surface area contributed by atoms with E-state index >= 15 is 0 Å². The number of aryl methyl sites for hydroxylation is 1. The number of benzene rings is 1. The molecule has 0 unspecified atom stereocenters. The highest BCUT2D eigenvalue weighted by atomic mass is 79.9. The van der Waals surface area contributed by atoms with Crippen molar-refractivity contribution < 1.29 is 4.79 Å². The first-order valence-corrected chi connectivity index (χ1v) is 7.28. The Morgan fingerprint density at radius 2 is 2.00 bits per heavy atom. The van der Waals surface area contributed by atoms with Crippen molar-refractivity contribution in [3.05, 3.63) is 34.3 Å². The van der Waals surface area contributed by atoms with Crippen LogP contribution in [0.2, 0.25) is 0 Å². The van der Waals surface area contributed by atoms with E-state index in [0.717, 1.165) is 43.5 Å². The lowest BCUT2D eigenvalue weighted by atomic mass is 10.1. The Morgan fingerprint density at radius 3 is 2.72 bits per heavy atom. The standard InChI is InChI=1S/C14H19BrN2O/c15-13-6-2-1-4-12(13)5-3-7-14(18)17-10-8-16-9-11-17/h1-2,4,6,16H,3,5,7-11H2. The Morgan fingerprint density at radius 1 is 1.28 bits per heavy atom. The Kier molecular flexibility index (Phi) is 5.20. The van der Waals surface area contributed by atoms with Crippen molar-refractivity contribution in [3.63, 3.8) is 0 Å². The normalized spacial score (nSPS) is 15.7. The molecule has 1 fully saturated rings. The molecular formula is C14H19BrN2O. The fraction of sp³-hybridized carbons (Fsp3) is 0.500. The summed E-state index contributed by atoms with van der Waals surface area (Å²) >= 11 is 3.54. The van der Waals surface area contributed by atoms with Crippen LogP contribution < -0.4 is 5.32 Å². The molecule has 4 heteroatoms. The molecule has 0 aliphatic carbocycles. The van der Waals surface area contributed by atoms with Gasteiger partial charge in [-0.3, -0.25) is 4.79 Å². The first kappa shape index (κ1) is 13.6. The average Bonchev–Trinajstić information content (AvgIpc) is 2.42. The van der Waals surface area contributed by atoms with Gasteiger partial charge in [0.1, 0.15) is 0 Å². The van der Waals surface area contributed by atoms with Gasteiger partial charge in [-0.25, -0.2) is 0 Å². The predicted molar refractivity (Wildman–Crippen MR) is 76.5 cm³/mol. The third-order valence-corrected chi connectivity index (χ3v) is 4.04. The number of nitrogens with one attached hydrogen (secondary N) is 1. The second-order valence-corrected chi connectivity index (χ2v) is 5.43. The van der Waals surface area contributed by atoms with Crippen molar-refractivity contribution in [2.45, 2.75) is 19.3 Å². The van der Waals surface area contributed by atoms with E-state index in [9.17, 15) is 4.79 Å². The molecule has 0 spiro atoms. The number of amides is 1. The zero-order chi connectivity index (χ0) is 12.8. The molecule has 1 aromatic carbocycles. The topological polar surface area (TPSA) is 32.3 Å². The summed E-state index contributed by atoms with van der Waals surface area (Å²) in [6.07, 6.45) is 2.53. The Balaban J connectivity index is 1.75. The highest BCUT2D eigenvalue weighted by Crippen LogP contribution is 2.18. The number of halogens is 1. The predicted octanol–water partition coefficient (Wildman–Crippen LogP) is 2.20. The molecule has 1 heterocycles. The van der Waals surface area contributed by atoms with Gasteiger partial charge in [-0.2, -0.15) is 0 Å². The Bertz CT molecular complexity index is 403. The molecule has 18 heavy (non-hydrogen) atoms. The van der Waals surface area contributed by atoms with E-state index in [-0.39, 0.29) is 0 Å². The van der Waals surface area contributed by atoms with Crippen LogP contribution in [0.5, 0.6) is 0 Å². The highest BCUT2D eigenvalue weighted by molar-refractivity contribution is 9.10. The van der Waals surface area contributed by atoms with E-state index in [1.54, 1.807) is 0 Å². The largest absolute Gasteiger partial charge is 0.340 e. The number of rotatable bonds is 4. The number of hydrogen-bond acceptors (Lipinski definition) is 2. The minimum absolute atomic E-state index is 0.295. The quantitative estimate of drug-likeness (QED) is 0.924. The average molecular weight is 311 g/mol. The summed E-state index contributed by atoms with van der Waals surface area (Å²) in [6.45, 7) is 3.56. The van der Waals surface area contributed by atoms with Crippen LogP contribution in [0.25, 0.3) is 0 Å². The molecule has 1 saturated heterocycles. The highest BCUT2D eigenvalue weighted by Gasteiger charge is 2.15. The summed E-state index contributed by atoms with van der Waals surface area (Å²) in [5.74, 6) is 0.295. The van der Waals surface area contributed by atoms with Gasteiger partial charge < -0.3 is 10.2 Å². The number of carbonyl (C=O) groups is 1. The van der Waals surface area contributed by atoms with Crippen LogP contribution in [0.4, 0.5) is 0 Å². The van der Waals surface area contributed by atoms with Gasteiger partial charge in [0.25, 0.3) is 0 Å². The van der Waals surface area contributed by atoms with Crippen LogP contribution in [0.3, 0.4) is 0 Å². The molecule has 1 aliphatic rings. The first-order valence-electron chi connectivity index (χ1n) is 6.49. The van der Waals surface area contributed by atoms with Crippen LogP contribution in [0.1, 0.15) is 18.4 Å².